The Kier molecular flexibility index (Phi) is 4.16. The van der Waals surface area contributed by atoms with E-state index in [2.05, 4.69) is 12.2 Å². The number of amides is 1. The van der Waals surface area contributed by atoms with Gasteiger partial charge in [0.25, 0.3) is 0 Å². The summed E-state index contributed by atoms with van der Waals surface area (Å²) in [6, 6.07) is 3.79. The Morgan fingerprint density at radius 3 is 2.87 bits per heavy atom. The Morgan fingerprint density at radius 2 is 2.40 bits per heavy atom. The summed E-state index contributed by atoms with van der Waals surface area (Å²) in [7, 11) is 1.63. The fraction of sp³-hybridized carbons (Fsp3) is 0.417. The van der Waals surface area contributed by atoms with Gasteiger partial charge in [0.15, 0.2) is 0 Å². The molecular weight excluding hydrogens is 190 g/mol. The van der Waals surface area contributed by atoms with E-state index in [-0.39, 0.29) is 11.8 Å². The van der Waals surface area contributed by atoms with E-state index in [9.17, 15) is 4.79 Å². The molecule has 0 spiro atoms. The van der Waals surface area contributed by atoms with Crippen molar-refractivity contribution in [3.05, 3.63) is 35.8 Å². The van der Waals surface area contributed by atoms with Crippen molar-refractivity contribution < 1.29 is 9.21 Å². The third-order valence-corrected chi connectivity index (χ3v) is 2.38. The SMILES string of the molecule is CCC(/C=C(\C)C(=O)NC)c1ccco1. The molecule has 1 atom stereocenters. The molecule has 1 aromatic heterocycles. The molecule has 3 heteroatoms. The fourth-order valence-electron chi connectivity index (χ4n) is 1.48. The van der Waals surface area contributed by atoms with Gasteiger partial charge in [0.05, 0.1) is 6.26 Å². The highest BCUT2D eigenvalue weighted by atomic mass is 16.3. The average Bonchev–Trinajstić information content (AvgIpc) is 2.77. The number of carbonyl (C=O) groups excluding carboxylic acids is 1. The van der Waals surface area contributed by atoms with Crippen molar-refractivity contribution in [1.82, 2.24) is 5.32 Å². The topological polar surface area (TPSA) is 42.2 Å². The van der Waals surface area contributed by atoms with Crippen molar-refractivity contribution in [2.24, 2.45) is 0 Å². The van der Waals surface area contributed by atoms with Crippen molar-refractivity contribution >= 4 is 5.91 Å². The second-order valence-corrected chi connectivity index (χ2v) is 3.46. The number of likely N-dealkylation sites (N-methyl/N-ethyl adjacent to an activating group) is 1. The maximum absolute atomic E-state index is 11.3. The van der Waals surface area contributed by atoms with Gasteiger partial charge in [-0.1, -0.05) is 13.0 Å². The number of hydrogen-bond acceptors (Lipinski definition) is 2. The van der Waals surface area contributed by atoms with Gasteiger partial charge in [-0.3, -0.25) is 4.79 Å². The first-order valence-corrected chi connectivity index (χ1v) is 5.13. The van der Waals surface area contributed by atoms with Gasteiger partial charge in [-0.05, 0) is 25.5 Å². The lowest BCUT2D eigenvalue weighted by Crippen LogP contribution is -2.19. The standard InChI is InChI=1S/C12H17NO2/c1-4-10(11-6-5-7-15-11)8-9(2)12(14)13-3/h5-8,10H,4H2,1-3H3,(H,13,14)/b9-8+. The molecule has 15 heavy (non-hydrogen) atoms. The minimum Gasteiger partial charge on any atom is -0.469 e. The summed E-state index contributed by atoms with van der Waals surface area (Å²) in [5.41, 5.74) is 0.723. The Morgan fingerprint density at radius 1 is 1.67 bits per heavy atom. The predicted molar refractivity (Wildman–Crippen MR) is 59.6 cm³/mol. The highest BCUT2D eigenvalue weighted by molar-refractivity contribution is 5.92. The van der Waals surface area contributed by atoms with Crippen LogP contribution in [0.25, 0.3) is 0 Å². The molecule has 1 aromatic rings. The molecule has 0 aliphatic heterocycles. The smallest absolute Gasteiger partial charge is 0.246 e. The van der Waals surface area contributed by atoms with E-state index in [0.29, 0.717) is 0 Å². The summed E-state index contributed by atoms with van der Waals surface area (Å²) < 4.78 is 5.32. The maximum Gasteiger partial charge on any atom is 0.246 e. The predicted octanol–water partition coefficient (Wildman–Crippen LogP) is 2.47. The van der Waals surface area contributed by atoms with Crippen LogP contribution in [0.5, 0.6) is 0 Å². The number of hydrogen-bond donors (Lipinski definition) is 1. The van der Waals surface area contributed by atoms with Crippen molar-refractivity contribution in [1.29, 1.82) is 0 Å². The lowest BCUT2D eigenvalue weighted by atomic mass is 10.0. The Balaban J connectivity index is 2.81. The van der Waals surface area contributed by atoms with Gasteiger partial charge in [-0.2, -0.15) is 0 Å². The van der Waals surface area contributed by atoms with Crippen LogP contribution >= 0.6 is 0 Å². The normalized spacial score (nSPS) is 13.7. The zero-order valence-corrected chi connectivity index (χ0v) is 9.41. The number of furan rings is 1. The number of carbonyl (C=O) groups is 1. The molecule has 0 saturated carbocycles. The van der Waals surface area contributed by atoms with E-state index >= 15 is 0 Å². The molecule has 3 nitrogen and oxygen atoms in total. The van der Waals surface area contributed by atoms with Crippen LogP contribution < -0.4 is 5.32 Å². The first-order valence-electron chi connectivity index (χ1n) is 5.13. The lowest BCUT2D eigenvalue weighted by Gasteiger charge is -2.08. The van der Waals surface area contributed by atoms with E-state index in [1.54, 1.807) is 13.3 Å². The maximum atomic E-state index is 11.3. The molecule has 0 aliphatic carbocycles. The van der Waals surface area contributed by atoms with Crippen molar-refractivity contribution in [2.45, 2.75) is 26.2 Å². The second kappa shape index (κ2) is 5.39. The van der Waals surface area contributed by atoms with E-state index < -0.39 is 0 Å². The molecule has 0 fully saturated rings. The summed E-state index contributed by atoms with van der Waals surface area (Å²) >= 11 is 0. The molecule has 0 aliphatic rings. The van der Waals surface area contributed by atoms with Gasteiger partial charge in [-0.25, -0.2) is 0 Å². The molecule has 1 heterocycles. The highest BCUT2D eigenvalue weighted by Gasteiger charge is 2.11. The largest absolute Gasteiger partial charge is 0.469 e. The molecule has 1 N–H and O–H groups in total. The fourth-order valence-corrected chi connectivity index (χ4v) is 1.48. The average molecular weight is 207 g/mol. The first-order chi connectivity index (χ1) is 7.19. The Bertz CT molecular complexity index is 339. The monoisotopic (exact) mass is 207 g/mol. The summed E-state index contributed by atoms with van der Waals surface area (Å²) in [6.07, 6.45) is 4.51. The van der Waals surface area contributed by atoms with E-state index in [1.165, 1.54) is 0 Å². The third-order valence-electron chi connectivity index (χ3n) is 2.38. The molecule has 1 rings (SSSR count). The minimum absolute atomic E-state index is 0.0417. The summed E-state index contributed by atoms with van der Waals surface area (Å²) in [5.74, 6) is 1.04. The van der Waals surface area contributed by atoms with Crippen molar-refractivity contribution in [3.8, 4) is 0 Å². The summed E-state index contributed by atoms with van der Waals surface area (Å²) in [4.78, 5) is 11.3. The van der Waals surface area contributed by atoms with E-state index in [4.69, 9.17) is 4.42 Å². The van der Waals surface area contributed by atoms with E-state index in [0.717, 1.165) is 17.8 Å². The van der Waals surface area contributed by atoms with Crippen LogP contribution in [-0.2, 0) is 4.79 Å². The summed E-state index contributed by atoms with van der Waals surface area (Å²) in [5, 5.41) is 2.60. The van der Waals surface area contributed by atoms with Crippen LogP contribution in [0.4, 0.5) is 0 Å². The van der Waals surface area contributed by atoms with Crippen LogP contribution in [0.2, 0.25) is 0 Å². The van der Waals surface area contributed by atoms with Crippen LogP contribution in [0, 0.1) is 0 Å². The second-order valence-electron chi connectivity index (χ2n) is 3.46. The van der Waals surface area contributed by atoms with Crippen molar-refractivity contribution in [3.63, 3.8) is 0 Å². The molecule has 82 valence electrons. The summed E-state index contributed by atoms with van der Waals surface area (Å²) in [6.45, 7) is 3.88. The van der Waals surface area contributed by atoms with Crippen LogP contribution in [0.1, 0.15) is 31.9 Å². The first kappa shape index (κ1) is 11.6. The Hall–Kier alpha value is -1.51. The van der Waals surface area contributed by atoms with Gasteiger partial charge in [0.1, 0.15) is 5.76 Å². The molecule has 1 amide bonds. The lowest BCUT2D eigenvalue weighted by molar-refractivity contribution is -0.117. The van der Waals surface area contributed by atoms with Gasteiger partial charge >= 0.3 is 0 Å². The highest BCUT2D eigenvalue weighted by Crippen LogP contribution is 2.22. The zero-order valence-electron chi connectivity index (χ0n) is 9.41. The van der Waals surface area contributed by atoms with Crippen LogP contribution in [0.15, 0.2) is 34.5 Å². The van der Waals surface area contributed by atoms with Crippen LogP contribution in [-0.4, -0.2) is 13.0 Å². The van der Waals surface area contributed by atoms with Gasteiger partial charge < -0.3 is 9.73 Å². The number of allylic oxidation sites excluding steroid dienone is 1. The molecule has 0 bridgehead atoms. The quantitative estimate of drug-likeness (QED) is 0.771. The molecule has 0 aromatic carbocycles. The number of nitrogens with one attached hydrogen (secondary N) is 1. The van der Waals surface area contributed by atoms with Gasteiger partial charge in [-0.15, -0.1) is 0 Å². The number of rotatable bonds is 4. The third kappa shape index (κ3) is 2.98. The molecular formula is C12H17NO2. The van der Waals surface area contributed by atoms with Gasteiger partial charge in [0, 0.05) is 18.5 Å². The molecule has 1 unspecified atom stereocenters. The van der Waals surface area contributed by atoms with Crippen LogP contribution in [0.3, 0.4) is 0 Å². The molecule has 0 saturated heterocycles. The minimum atomic E-state index is -0.0417. The molecule has 0 radical (unpaired) electrons. The zero-order chi connectivity index (χ0) is 11.3. The van der Waals surface area contributed by atoms with E-state index in [1.807, 2.05) is 25.1 Å². The van der Waals surface area contributed by atoms with Crippen molar-refractivity contribution in [2.75, 3.05) is 7.05 Å². The Labute approximate surface area is 90.2 Å². The van der Waals surface area contributed by atoms with Gasteiger partial charge in [0.2, 0.25) is 5.91 Å².